The molecule has 116 valence electrons. The van der Waals surface area contributed by atoms with E-state index in [1.807, 2.05) is 6.07 Å². The van der Waals surface area contributed by atoms with Gasteiger partial charge in [-0.15, -0.1) is 0 Å². The second-order valence-electron chi connectivity index (χ2n) is 7.45. The fraction of sp³-hybridized carbons (Fsp3) is 0.556. The van der Waals surface area contributed by atoms with Crippen LogP contribution in [0.2, 0.25) is 0 Å². The fourth-order valence-electron chi connectivity index (χ4n) is 5.66. The highest BCUT2D eigenvalue weighted by Crippen LogP contribution is 2.65. The first-order valence-electron chi connectivity index (χ1n) is 8.11. The minimum absolute atomic E-state index is 0.114. The molecule has 0 amide bonds. The Hall–Kier alpha value is -1.52. The monoisotopic (exact) mass is 299 g/mol. The molecule has 1 saturated carbocycles. The van der Waals surface area contributed by atoms with Crippen LogP contribution >= 0.6 is 0 Å². The molecule has 4 heteroatoms. The third-order valence-corrected chi connectivity index (χ3v) is 6.68. The lowest BCUT2D eigenvalue weighted by atomic mass is 9.48. The molecule has 0 unspecified atom stereocenters. The quantitative estimate of drug-likeness (QED) is 0.717. The minimum Gasteiger partial charge on any atom is -0.504 e. The normalized spacial score (nSPS) is 42.0. The van der Waals surface area contributed by atoms with Crippen LogP contribution in [0.3, 0.4) is 0 Å². The summed E-state index contributed by atoms with van der Waals surface area (Å²) in [4.78, 5) is 2.30. The molecule has 2 bridgehead atoms. The number of aromatic hydroxyl groups is 1. The maximum atomic E-state index is 11.7. The molecule has 4 atom stereocenters. The molecule has 2 aliphatic carbocycles. The molecule has 2 fully saturated rings. The maximum Gasteiger partial charge on any atom is 0.166 e. The van der Waals surface area contributed by atoms with Gasteiger partial charge in [-0.3, -0.25) is 0 Å². The molecule has 0 radical (unpaired) electrons. The van der Waals surface area contributed by atoms with E-state index in [4.69, 9.17) is 4.74 Å². The van der Waals surface area contributed by atoms with E-state index < -0.39 is 11.0 Å². The lowest BCUT2D eigenvalue weighted by Gasteiger charge is -2.62. The van der Waals surface area contributed by atoms with Crippen molar-refractivity contribution in [3.05, 3.63) is 35.4 Å². The van der Waals surface area contributed by atoms with Gasteiger partial charge in [-0.05, 0) is 56.5 Å². The van der Waals surface area contributed by atoms with Gasteiger partial charge in [-0.25, -0.2) is 0 Å². The number of nitrogens with zero attached hydrogens (tertiary/aromatic N) is 1. The minimum atomic E-state index is -0.794. The number of piperidine rings is 1. The molecule has 4 aliphatic rings. The Kier molecular flexibility index (Phi) is 2.17. The van der Waals surface area contributed by atoms with Crippen LogP contribution in [0.4, 0.5) is 0 Å². The summed E-state index contributed by atoms with van der Waals surface area (Å²) < 4.78 is 6.19. The van der Waals surface area contributed by atoms with E-state index in [-0.39, 0.29) is 17.9 Å². The van der Waals surface area contributed by atoms with E-state index in [0.29, 0.717) is 5.75 Å². The van der Waals surface area contributed by atoms with Gasteiger partial charge >= 0.3 is 0 Å². The van der Waals surface area contributed by atoms with E-state index >= 15 is 0 Å². The first kappa shape index (κ1) is 13.0. The summed E-state index contributed by atoms with van der Waals surface area (Å²) in [6, 6.07) is 3.85. The van der Waals surface area contributed by atoms with Crippen molar-refractivity contribution in [3.8, 4) is 11.5 Å². The second kappa shape index (κ2) is 3.69. The summed E-state index contributed by atoms with van der Waals surface area (Å²) in [5.74, 6) is 0.780. The second-order valence-corrected chi connectivity index (χ2v) is 7.45. The molecule has 1 aromatic rings. The zero-order valence-electron chi connectivity index (χ0n) is 12.8. The van der Waals surface area contributed by atoms with Gasteiger partial charge < -0.3 is 19.8 Å². The van der Waals surface area contributed by atoms with Gasteiger partial charge in [-0.1, -0.05) is 12.6 Å². The number of likely N-dealkylation sites (N-methyl/N-ethyl adjacent to an activating group) is 1. The van der Waals surface area contributed by atoms with Crippen LogP contribution in [-0.4, -0.2) is 46.5 Å². The lowest BCUT2D eigenvalue weighted by Crippen LogP contribution is -2.74. The standard InChI is InChI=1S/C18H21NO3/c1-10-5-6-18(21)13-9-11-3-4-12(20)15-14(11)17(18,16(10)22-15)7-8-19(13)2/h3-4,13,16,20-21H,1,5-9H2,2H3/t13-,16+,17+,18-/m1/s1. The number of hydrogen-bond donors (Lipinski definition) is 2. The van der Waals surface area contributed by atoms with Crippen LogP contribution in [0.15, 0.2) is 24.3 Å². The Morgan fingerprint density at radius 1 is 1.36 bits per heavy atom. The Balaban J connectivity index is 1.88. The Morgan fingerprint density at radius 2 is 2.18 bits per heavy atom. The summed E-state index contributed by atoms with van der Waals surface area (Å²) in [5, 5.41) is 22.0. The highest BCUT2D eigenvalue weighted by atomic mass is 16.5. The SMILES string of the molecule is C=C1CC[C@@]2(O)[C@H]3Cc4ccc(O)c5c4[C@@]2(CCN3C)[C@H]1O5. The number of hydrogen-bond acceptors (Lipinski definition) is 4. The average molecular weight is 299 g/mol. The molecule has 1 aromatic carbocycles. The number of phenolic OH excluding ortho intramolecular Hbond substituents is 1. The van der Waals surface area contributed by atoms with Gasteiger partial charge in [0.25, 0.3) is 0 Å². The number of aliphatic hydroxyl groups is 1. The van der Waals surface area contributed by atoms with E-state index in [9.17, 15) is 10.2 Å². The van der Waals surface area contributed by atoms with Crippen molar-refractivity contribution in [2.75, 3.05) is 13.6 Å². The zero-order valence-corrected chi connectivity index (χ0v) is 12.8. The van der Waals surface area contributed by atoms with Crippen LogP contribution < -0.4 is 4.74 Å². The molecule has 2 aliphatic heterocycles. The number of ether oxygens (including phenoxy) is 1. The first-order chi connectivity index (χ1) is 10.5. The largest absolute Gasteiger partial charge is 0.504 e. The number of likely N-dealkylation sites (tertiary alicyclic amines) is 1. The van der Waals surface area contributed by atoms with Crippen LogP contribution in [0, 0.1) is 0 Å². The summed E-state index contributed by atoms with van der Waals surface area (Å²) in [6.07, 6.45) is 2.99. The van der Waals surface area contributed by atoms with E-state index in [1.54, 1.807) is 6.07 Å². The molecule has 5 rings (SSSR count). The van der Waals surface area contributed by atoms with Crippen molar-refractivity contribution in [3.63, 3.8) is 0 Å². The fourth-order valence-corrected chi connectivity index (χ4v) is 5.66. The van der Waals surface area contributed by atoms with Crippen LogP contribution in [0.1, 0.15) is 30.4 Å². The summed E-state index contributed by atoms with van der Waals surface area (Å²) in [7, 11) is 2.11. The Bertz CT molecular complexity index is 715. The third kappa shape index (κ3) is 1.14. The highest BCUT2D eigenvalue weighted by molar-refractivity contribution is 5.63. The molecule has 22 heavy (non-hydrogen) atoms. The van der Waals surface area contributed by atoms with Crippen molar-refractivity contribution >= 4 is 0 Å². The van der Waals surface area contributed by atoms with Crippen LogP contribution in [0.25, 0.3) is 0 Å². The molecule has 4 nitrogen and oxygen atoms in total. The number of benzene rings is 1. The Labute approximate surface area is 130 Å². The van der Waals surface area contributed by atoms with Gasteiger partial charge in [0.05, 0.1) is 11.0 Å². The molecule has 1 spiro atoms. The van der Waals surface area contributed by atoms with Crippen LogP contribution in [0.5, 0.6) is 11.5 Å². The van der Waals surface area contributed by atoms with Gasteiger partial charge in [0, 0.05) is 11.6 Å². The summed E-state index contributed by atoms with van der Waals surface area (Å²) in [6.45, 7) is 5.16. The summed E-state index contributed by atoms with van der Waals surface area (Å²) >= 11 is 0. The topological polar surface area (TPSA) is 52.9 Å². The van der Waals surface area contributed by atoms with Gasteiger partial charge in [0.15, 0.2) is 11.5 Å². The molecule has 2 N–H and O–H groups in total. The molecule has 0 aromatic heterocycles. The van der Waals surface area contributed by atoms with E-state index in [2.05, 4.69) is 18.5 Å². The first-order valence-corrected chi connectivity index (χ1v) is 8.11. The third-order valence-electron chi connectivity index (χ3n) is 6.68. The predicted octanol–water partition coefficient (Wildman–Crippen LogP) is 1.73. The number of phenols is 1. The molecular weight excluding hydrogens is 278 g/mol. The smallest absolute Gasteiger partial charge is 0.166 e. The van der Waals surface area contributed by atoms with Crippen molar-refractivity contribution in [2.24, 2.45) is 0 Å². The summed E-state index contributed by atoms with van der Waals surface area (Å²) in [5.41, 5.74) is 2.10. The Morgan fingerprint density at radius 3 is 3.00 bits per heavy atom. The number of rotatable bonds is 0. The predicted molar refractivity (Wildman–Crippen MR) is 82.3 cm³/mol. The van der Waals surface area contributed by atoms with Crippen molar-refractivity contribution in [2.45, 2.75) is 48.8 Å². The van der Waals surface area contributed by atoms with Crippen LogP contribution in [-0.2, 0) is 11.8 Å². The maximum absolute atomic E-state index is 11.7. The van der Waals surface area contributed by atoms with Gasteiger partial charge in [0.2, 0.25) is 0 Å². The lowest BCUT2D eigenvalue weighted by molar-refractivity contribution is -0.168. The van der Waals surface area contributed by atoms with Crippen molar-refractivity contribution in [1.82, 2.24) is 4.90 Å². The van der Waals surface area contributed by atoms with E-state index in [1.165, 1.54) is 5.56 Å². The van der Waals surface area contributed by atoms with Crippen molar-refractivity contribution in [1.29, 1.82) is 0 Å². The highest BCUT2D eigenvalue weighted by Gasteiger charge is 2.71. The van der Waals surface area contributed by atoms with E-state index in [0.717, 1.165) is 43.4 Å². The van der Waals surface area contributed by atoms with Gasteiger partial charge in [-0.2, -0.15) is 0 Å². The van der Waals surface area contributed by atoms with Crippen molar-refractivity contribution < 1.29 is 14.9 Å². The average Bonchev–Trinajstić information content (AvgIpc) is 2.85. The zero-order chi connectivity index (χ0) is 15.3. The van der Waals surface area contributed by atoms with Gasteiger partial charge in [0.1, 0.15) is 6.10 Å². The molecule has 1 saturated heterocycles. The molecule has 2 heterocycles. The molecular formula is C18H21NO3.